The number of aliphatic hydroxyl groups excluding tert-OH is 2. The molecule has 5 rings (SSSR count). The number of aliphatic hydroxyl groups is 2. The molecule has 9 nitrogen and oxygen atoms in total. The lowest BCUT2D eigenvalue weighted by Crippen LogP contribution is -2.41. The summed E-state index contributed by atoms with van der Waals surface area (Å²) in [7, 11) is 3.25. The fourth-order valence-electron chi connectivity index (χ4n) is 4.84. The van der Waals surface area contributed by atoms with Gasteiger partial charge in [0.1, 0.15) is 6.10 Å². The van der Waals surface area contributed by atoms with Gasteiger partial charge in [0.05, 0.1) is 28.9 Å². The van der Waals surface area contributed by atoms with Crippen LogP contribution in [-0.4, -0.2) is 61.9 Å². The largest absolute Gasteiger partial charge is 0.389 e. The minimum atomic E-state index is -1.17. The van der Waals surface area contributed by atoms with Crippen LogP contribution < -0.4 is 10.6 Å². The van der Waals surface area contributed by atoms with Crippen LogP contribution in [0.2, 0.25) is 5.02 Å². The van der Waals surface area contributed by atoms with Crippen LogP contribution in [-0.2, 0) is 4.79 Å². The summed E-state index contributed by atoms with van der Waals surface area (Å²) in [5, 5.41) is 27.6. The highest BCUT2D eigenvalue weighted by atomic mass is 35.5. The quantitative estimate of drug-likeness (QED) is 0.436. The summed E-state index contributed by atoms with van der Waals surface area (Å²) in [5.41, 5.74) is 0.639. The smallest absolute Gasteiger partial charge is 0.229 e. The SMILES string of the molecule is CNC(=O)[C@]12CC1[C@@H](n1cnc3c(NC)nc(C#Cc4ccccc4Cl)nc31)C(O)[C@@H]2O. The van der Waals surface area contributed by atoms with E-state index >= 15 is 0 Å². The number of carbonyl (C=O) groups is 1. The molecule has 2 aromatic heterocycles. The number of carbonyl (C=O) groups excluding carboxylic acids is 1. The summed E-state index contributed by atoms with van der Waals surface area (Å²) in [6, 6.07) is 6.68. The molecule has 0 spiro atoms. The van der Waals surface area contributed by atoms with Crippen LogP contribution in [0.4, 0.5) is 5.82 Å². The van der Waals surface area contributed by atoms with E-state index in [0.29, 0.717) is 34.0 Å². The van der Waals surface area contributed by atoms with E-state index in [1.165, 1.54) is 7.05 Å². The molecule has 0 aliphatic heterocycles. The minimum Gasteiger partial charge on any atom is -0.389 e. The summed E-state index contributed by atoms with van der Waals surface area (Å²) < 4.78 is 1.72. The number of hydrogen-bond donors (Lipinski definition) is 4. The van der Waals surface area contributed by atoms with Gasteiger partial charge in [0.15, 0.2) is 17.0 Å². The van der Waals surface area contributed by atoms with E-state index in [1.54, 1.807) is 30.1 Å². The molecular weight excluding hydrogens is 432 g/mol. The van der Waals surface area contributed by atoms with E-state index < -0.39 is 23.7 Å². The lowest BCUT2D eigenvalue weighted by atomic mass is 9.98. The molecule has 2 aliphatic carbocycles. The van der Waals surface area contributed by atoms with E-state index in [1.807, 2.05) is 12.1 Å². The van der Waals surface area contributed by atoms with Gasteiger partial charge in [-0.2, -0.15) is 0 Å². The number of nitrogens with zero attached hydrogens (tertiary/aromatic N) is 4. The first kappa shape index (κ1) is 20.7. The van der Waals surface area contributed by atoms with Gasteiger partial charge < -0.3 is 25.4 Å². The van der Waals surface area contributed by atoms with Crippen LogP contribution in [0.25, 0.3) is 11.2 Å². The van der Waals surface area contributed by atoms with Crippen LogP contribution in [0, 0.1) is 23.2 Å². The van der Waals surface area contributed by atoms with Crippen molar-refractivity contribution in [1.29, 1.82) is 0 Å². The van der Waals surface area contributed by atoms with Crippen molar-refractivity contribution < 1.29 is 15.0 Å². The molecule has 2 unspecified atom stereocenters. The van der Waals surface area contributed by atoms with Gasteiger partial charge in [-0.05, 0) is 24.5 Å². The molecule has 1 amide bonds. The molecule has 0 saturated heterocycles. The van der Waals surface area contributed by atoms with Gasteiger partial charge in [-0.25, -0.2) is 15.0 Å². The fourth-order valence-corrected chi connectivity index (χ4v) is 5.02. The molecule has 164 valence electrons. The summed E-state index contributed by atoms with van der Waals surface area (Å²) in [4.78, 5) is 25.9. The number of halogens is 1. The number of anilines is 1. The monoisotopic (exact) mass is 452 g/mol. The molecule has 1 aromatic carbocycles. The van der Waals surface area contributed by atoms with Gasteiger partial charge in [0, 0.05) is 25.6 Å². The Bertz CT molecular complexity index is 1300. The maximum absolute atomic E-state index is 12.4. The predicted octanol–water partition coefficient (Wildman–Crippen LogP) is 0.950. The van der Waals surface area contributed by atoms with Gasteiger partial charge in [-0.1, -0.05) is 29.7 Å². The minimum absolute atomic E-state index is 0.226. The van der Waals surface area contributed by atoms with Crippen LogP contribution in [0.15, 0.2) is 30.6 Å². The van der Waals surface area contributed by atoms with Crippen molar-refractivity contribution >= 4 is 34.5 Å². The van der Waals surface area contributed by atoms with Gasteiger partial charge in [-0.15, -0.1) is 0 Å². The second-order valence-electron chi connectivity index (χ2n) is 8.06. The Balaban J connectivity index is 1.59. The van der Waals surface area contributed by atoms with Crippen LogP contribution in [0.3, 0.4) is 0 Å². The van der Waals surface area contributed by atoms with Crippen LogP contribution in [0.5, 0.6) is 0 Å². The third-order valence-electron chi connectivity index (χ3n) is 6.48. The van der Waals surface area contributed by atoms with E-state index in [2.05, 4.69) is 37.4 Å². The molecule has 0 radical (unpaired) electrons. The van der Waals surface area contributed by atoms with E-state index in [0.717, 1.165) is 0 Å². The van der Waals surface area contributed by atoms with E-state index in [-0.39, 0.29) is 17.6 Å². The van der Waals surface area contributed by atoms with Crippen molar-refractivity contribution in [3.63, 3.8) is 0 Å². The zero-order valence-corrected chi connectivity index (χ0v) is 18.1. The van der Waals surface area contributed by atoms with Crippen LogP contribution in [0.1, 0.15) is 23.9 Å². The Hall–Kier alpha value is -3.19. The Morgan fingerprint density at radius 1 is 1.25 bits per heavy atom. The van der Waals surface area contributed by atoms with Crippen molar-refractivity contribution in [3.05, 3.63) is 47.0 Å². The summed E-state index contributed by atoms with van der Waals surface area (Å²) in [6.45, 7) is 0. The first-order valence-corrected chi connectivity index (χ1v) is 10.6. The molecule has 0 bridgehead atoms. The van der Waals surface area contributed by atoms with E-state index in [4.69, 9.17) is 11.6 Å². The number of rotatable bonds is 3. The topological polar surface area (TPSA) is 125 Å². The third-order valence-corrected chi connectivity index (χ3v) is 6.81. The van der Waals surface area contributed by atoms with Crippen molar-refractivity contribution in [2.24, 2.45) is 11.3 Å². The number of benzene rings is 1. The Kier molecular flexibility index (Phi) is 4.82. The molecular formula is C22H21ClN6O3. The Morgan fingerprint density at radius 2 is 2.03 bits per heavy atom. The number of fused-ring (bicyclic) bond motifs is 2. The Labute approximate surface area is 188 Å². The van der Waals surface area contributed by atoms with Gasteiger partial charge in [0.2, 0.25) is 11.7 Å². The van der Waals surface area contributed by atoms with Gasteiger partial charge >= 0.3 is 0 Å². The molecule has 32 heavy (non-hydrogen) atoms. The summed E-state index contributed by atoms with van der Waals surface area (Å²) in [6.07, 6.45) is -0.253. The van der Waals surface area contributed by atoms with Crippen molar-refractivity contribution in [1.82, 2.24) is 24.8 Å². The number of aromatic nitrogens is 4. The molecule has 5 atom stereocenters. The zero-order valence-electron chi connectivity index (χ0n) is 17.4. The number of amides is 1. The van der Waals surface area contributed by atoms with E-state index in [9.17, 15) is 15.0 Å². The number of imidazole rings is 1. The fraction of sp³-hybridized carbons (Fsp3) is 0.364. The molecule has 2 saturated carbocycles. The molecule has 4 N–H and O–H groups in total. The first-order chi connectivity index (χ1) is 15.4. The molecule has 2 fully saturated rings. The second kappa shape index (κ2) is 7.45. The highest BCUT2D eigenvalue weighted by molar-refractivity contribution is 6.31. The molecule has 3 aromatic rings. The van der Waals surface area contributed by atoms with Crippen molar-refractivity contribution in [2.75, 3.05) is 19.4 Å². The zero-order chi connectivity index (χ0) is 22.6. The van der Waals surface area contributed by atoms with Crippen molar-refractivity contribution in [3.8, 4) is 11.8 Å². The standard InChI is InChI=1S/C22H21ClN6O3/c1-24-19-15-20(28-14(27-19)8-7-11-5-3-4-6-13(11)23)29(10-26-15)16-12-9-22(12,21(32)25-2)18(31)17(16)30/h3-6,10,12,16-18,30-31H,9H2,1-2H3,(H,25,32)(H,24,27,28)/t12?,16-,17?,18+,22-/m1/s1. The summed E-state index contributed by atoms with van der Waals surface area (Å²) >= 11 is 6.18. The molecule has 10 heteroatoms. The predicted molar refractivity (Wildman–Crippen MR) is 118 cm³/mol. The maximum atomic E-state index is 12.4. The lowest BCUT2D eigenvalue weighted by Gasteiger charge is -2.23. The lowest BCUT2D eigenvalue weighted by molar-refractivity contribution is -0.132. The first-order valence-electron chi connectivity index (χ1n) is 10.2. The summed E-state index contributed by atoms with van der Waals surface area (Å²) in [5.74, 6) is 6.17. The maximum Gasteiger partial charge on any atom is 0.229 e. The average Bonchev–Trinajstić information content (AvgIpc) is 3.34. The van der Waals surface area contributed by atoms with Crippen LogP contribution >= 0.6 is 11.6 Å². The van der Waals surface area contributed by atoms with Crippen molar-refractivity contribution in [2.45, 2.75) is 24.7 Å². The highest BCUT2D eigenvalue weighted by Gasteiger charge is 2.75. The highest BCUT2D eigenvalue weighted by Crippen LogP contribution is 2.67. The van der Waals surface area contributed by atoms with Gasteiger partial charge in [-0.3, -0.25) is 4.79 Å². The van der Waals surface area contributed by atoms with Gasteiger partial charge in [0.25, 0.3) is 0 Å². The molecule has 2 aliphatic rings. The normalized spacial score (nSPS) is 28.0. The second-order valence-corrected chi connectivity index (χ2v) is 8.46. The number of hydrogen-bond acceptors (Lipinski definition) is 7. The number of nitrogens with one attached hydrogen (secondary N) is 2. The Morgan fingerprint density at radius 3 is 2.75 bits per heavy atom. The molecule has 2 heterocycles. The average molecular weight is 453 g/mol. The third kappa shape index (κ3) is 2.88.